The first kappa shape index (κ1) is 25.5. The summed E-state index contributed by atoms with van der Waals surface area (Å²) in [6.07, 6.45) is 0.349. The SMILES string of the molecule is CNC(=O)[C@@H](Cc1ccccc1)N(Cc1ccc(Cl)c(Cl)c1)C(=O)COc1cccc2ccccc12. The van der Waals surface area contributed by atoms with E-state index in [9.17, 15) is 9.59 Å². The van der Waals surface area contributed by atoms with E-state index in [1.807, 2.05) is 72.8 Å². The molecular weight excluding hydrogens is 495 g/mol. The Bertz CT molecular complexity index is 1360. The van der Waals surface area contributed by atoms with Crippen LogP contribution in [0.15, 0.2) is 91.0 Å². The van der Waals surface area contributed by atoms with Gasteiger partial charge in [-0.1, -0.05) is 96.0 Å². The van der Waals surface area contributed by atoms with Crippen molar-refractivity contribution in [2.75, 3.05) is 13.7 Å². The number of carbonyl (C=O) groups excluding carboxylic acids is 2. The van der Waals surface area contributed by atoms with Gasteiger partial charge in [-0.05, 0) is 34.7 Å². The average Bonchev–Trinajstić information content (AvgIpc) is 2.91. The van der Waals surface area contributed by atoms with Crippen molar-refractivity contribution in [1.82, 2.24) is 10.2 Å². The van der Waals surface area contributed by atoms with Gasteiger partial charge in [0, 0.05) is 25.4 Å². The molecule has 0 aliphatic heterocycles. The van der Waals surface area contributed by atoms with Crippen LogP contribution < -0.4 is 10.1 Å². The van der Waals surface area contributed by atoms with E-state index in [-0.39, 0.29) is 25.0 Å². The number of likely N-dealkylation sites (N-methyl/N-ethyl adjacent to an activating group) is 1. The predicted octanol–water partition coefficient (Wildman–Crippen LogP) is 5.91. The van der Waals surface area contributed by atoms with Crippen molar-refractivity contribution < 1.29 is 14.3 Å². The molecule has 1 N–H and O–H groups in total. The molecule has 4 aromatic rings. The number of halogens is 2. The van der Waals surface area contributed by atoms with Crippen LogP contribution in [-0.2, 0) is 22.6 Å². The van der Waals surface area contributed by atoms with E-state index in [4.69, 9.17) is 27.9 Å². The zero-order chi connectivity index (χ0) is 25.5. The molecule has 0 saturated heterocycles. The maximum Gasteiger partial charge on any atom is 0.261 e. The fraction of sp³-hybridized carbons (Fsp3) is 0.172. The molecular formula is C29H26Cl2N2O3. The molecule has 0 aliphatic carbocycles. The Morgan fingerprint density at radius 3 is 2.33 bits per heavy atom. The molecule has 0 radical (unpaired) electrons. The predicted molar refractivity (Wildman–Crippen MR) is 144 cm³/mol. The van der Waals surface area contributed by atoms with Gasteiger partial charge in [0.2, 0.25) is 5.91 Å². The lowest BCUT2D eigenvalue weighted by molar-refractivity contribution is -0.142. The Morgan fingerprint density at radius 1 is 0.861 bits per heavy atom. The quantitative estimate of drug-likeness (QED) is 0.298. The van der Waals surface area contributed by atoms with Crippen molar-refractivity contribution in [2.24, 2.45) is 0 Å². The zero-order valence-corrected chi connectivity index (χ0v) is 21.3. The molecule has 36 heavy (non-hydrogen) atoms. The second-order valence-corrected chi connectivity index (χ2v) is 9.17. The van der Waals surface area contributed by atoms with E-state index in [1.165, 1.54) is 4.90 Å². The first-order valence-corrected chi connectivity index (χ1v) is 12.3. The Kier molecular flexibility index (Phi) is 8.47. The summed E-state index contributed by atoms with van der Waals surface area (Å²) in [6.45, 7) is -0.0584. The van der Waals surface area contributed by atoms with E-state index in [0.717, 1.165) is 21.9 Å². The number of hydrogen-bond donors (Lipinski definition) is 1. The van der Waals surface area contributed by atoms with Gasteiger partial charge >= 0.3 is 0 Å². The molecule has 0 heterocycles. The number of amides is 2. The van der Waals surface area contributed by atoms with Gasteiger partial charge in [0.15, 0.2) is 6.61 Å². The minimum Gasteiger partial charge on any atom is -0.483 e. The number of rotatable bonds is 9. The van der Waals surface area contributed by atoms with E-state index < -0.39 is 6.04 Å². The lowest BCUT2D eigenvalue weighted by atomic mass is 10.0. The molecule has 5 nitrogen and oxygen atoms in total. The van der Waals surface area contributed by atoms with E-state index in [1.54, 1.807) is 25.2 Å². The first-order chi connectivity index (χ1) is 17.5. The summed E-state index contributed by atoms with van der Waals surface area (Å²) in [5.74, 6) is 0.0199. The van der Waals surface area contributed by atoms with Crippen LogP contribution in [0.25, 0.3) is 10.8 Å². The van der Waals surface area contributed by atoms with Gasteiger partial charge in [-0.15, -0.1) is 0 Å². The third kappa shape index (κ3) is 6.17. The van der Waals surface area contributed by atoms with Gasteiger partial charge < -0.3 is 15.0 Å². The third-order valence-electron chi connectivity index (χ3n) is 5.96. The highest BCUT2D eigenvalue weighted by molar-refractivity contribution is 6.42. The van der Waals surface area contributed by atoms with Crippen molar-refractivity contribution >= 4 is 45.8 Å². The number of ether oxygens (including phenoxy) is 1. The lowest BCUT2D eigenvalue weighted by Crippen LogP contribution is -2.51. The summed E-state index contributed by atoms with van der Waals surface area (Å²) < 4.78 is 5.99. The highest BCUT2D eigenvalue weighted by Gasteiger charge is 2.30. The molecule has 0 spiro atoms. The van der Waals surface area contributed by atoms with Gasteiger partial charge in [0.05, 0.1) is 10.0 Å². The molecule has 7 heteroatoms. The topological polar surface area (TPSA) is 58.6 Å². The van der Waals surface area contributed by atoms with E-state index in [0.29, 0.717) is 22.2 Å². The Labute approximate surface area is 220 Å². The second kappa shape index (κ2) is 11.9. The number of nitrogens with one attached hydrogen (secondary N) is 1. The van der Waals surface area contributed by atoms with Crippen molar-refractivity contribution in [2.45, 2.75) is 19.0 Å². The largest absolute Gasteiger partial charge is 0.483 e. The molecule has 0 bridgehead atoms. The first-order valence-electron chi connectivity index (χ1n) is 11.6. The van der Waals surface area contributed by atoms with Crippen molar-refractivity contribution in [3.8, 4) is 5.75 Å². The van der Waals surface area contributed by atoms with Crippen LogP contribution in [0.1, 0.15) is 11.1 Å². The van der Waals surface area contributed by atoms with E-state index in [2.05, 4.69) is 5.32 Å². The summed E-state index contributed by atoms with van der Waals surface area (Å²) in [5, 5.41) is 5.44. The lowest BCUT2D eigenvalue weighted by Gasteiger charge is -2.31. The smallest absolute Gasteiger partial charge is 0.261 e. The fourth-order valence-electron chi connectivity index (χ4n) is 4.10. The van der Waals surface area contributed by atoms with Crippen molar-refractivity contribution in [3.05, 3.63) is 112 Å². The molecule has 0 fully saturated rings. The number of hydrogen-bond acceptors (Lipinski definition) is 3. The van der Waals surface area contributed by atoms with Crippen LogP contribution in [-0.4, -0.2) is 36.4 Å². The van der Waals surface area contributed by atoms with Crippen LogP contribution in [0.3, 0.4) is 0 Å². The van der Waals surface area contributed by atoms with Crippen LogP contribution in [0.2, 0.25) is 10.0 Å². The fourth-order valence-corrected chi connectivity index (χ4v) is 4.42. The number of nitrogens with zero attached hydrogens (tertiary/aromatic N) is 1. The molecule has 0 saturated carbocycles. The minimum atomic E-state index is -0.754. The number of fused-ring (bicyclic) bond motifs is 1. The molecule has 184 valence electrons. The number of benzene rings is 4. The molecule has 0 unspecified atom stereocenters. The van der Waals surface area contributed by atoms with Gasteiger partial charge in [0.25, 0.3) is 5.91 Å². The van der Waals surface area contributed by atoms with Gasteiger partial charge in [-0.3, -0.25) is 9.59 Å². The highest BCUT2D eigenvalue weighted by atomic mass is 35.5. The second-order valence-electron chi connectivity index (χ2n) is 8.36. The molecule has 4 rings (SSSR count). The van der Waals surface area contributed by atoms with Crippen LogP contribution in [0, 0.1) is 0 Å². The van der Waals surface area contributed by atoms with Crippen LogP contribution in [0.5, 0.6) is 5.75 Å². The molecule has 0 aliphatic rings. The molecule has 4 aromatic carbocycles. The Morgan fingerprint density at radius 2 is 1.58 bits per heavy atom. The summed E-state index contributed by atoms with van der Waals surface area (Å²) in [7, 11) is 1.56. The van der Waals surface area contributed by atoms with Crippen molar-refractivity contribution in [1.29, 1.82) is 0 Å². The van der Waals surface area contributed by atoms with Gasteiger partial charge in [-0.25, -0.2) is 0 Å². The average molecular weight is 521 g/mol. The summed E-state index contributed by atoms with van der Waals surface area (Å²) in [4.78, 5) is 28.2. The molecule has 0 aromatic heterocycles. The van der Waals surface area contributed by atoms with E-state index >= 15 is 0 Å². The van der Waals surface area contributed by atoms with Gasteiger partial charge in [-0.2, -0.15) is 0 Å². The third-order valence-corrected chi connectivity index (χ3v) is 6.69. The van der Waals surface area contributed by atoms with Crippen LogP contribution in [0.4, 0.5) is 0 Å². The maximum absolute atomic E-state index is 13.6. The molecule has 2 amide bonds. The maximum atomic E-state index is 13.6. The summed E-state index contributed by atoms with van der Waals surface area (Å²) in [6, 6.07) is 27.6. The van der Waals surface area contributed by atoms with Crippen molar-refractivity contribution in [3.63, 3.8) is 0 Å². The summed E-state index contributed by atoms with van der Waals surface area (Å²) >= 11 is 12.3. The highest BCUT2D eigenvalue weighted by Crippen LogP contribution is 2.26. The monoisotopic (exact) mass is 520 g/mol. The Hall–Kier alpha value is -3.54. The standard InChI is InChI=1S/C29H26Cl2N2O3/c1-32-29(35)26(17-20-8-3-2-4-9-20)33(18-21-14-15-24(30)25(31)16-21)28(34)19-36-27-13-7-11-22-10-5-6-12-23(22)27/h2-16,26H,17-19H2,1H3,(H,32,35)/t26-/m1/s1. The Balaban J connectivity index is 1.63. The summed E-state index contributed by atoms with van der Waals surface area (Å²) in [5.41, 5.74) is 1.69. The van der Waals surface area contributed by atoms with Gasteiger partial charge in [0.1, 0.15) is 11.8 Å². The minimum absolute atomic E-state index is 0.166. The van der Waals surface area contributed by atoms with Crippen LogP contribution >= 0.6 is 23.2 Å². The number of carbonyl (C=O) groups is 2. The zero-order valence-electron chi connectivity index (χ0n) is 19.8. The molecule has 1 atom stereocenters. The normalized spacial score (nSPS) is 11.6.